The zero-order chi connectivity index (χ0) is 29.5. The number of anilines is 1. The number of hydrogen-bond donors (Lipinski definition) is 0. The molecule has 2 atom stereocenters. The summed E-state index contributed by atoms with van der Waals surface area (Å²) < 4.78 is 12.5. The first kappa shape index (κ1) is 29.4. The van der Waals surface area contributed by atoms with Crippen molar-refractivity contribution in [2.24, 2.45) is 0 Å². The number of nitrogens with zero attached hydrogens (tertiary/aromatic N) is 5. The average Bonchev–Trinajstić information content (AvgIpc) is 3.59. The predicted octanol–water partition coefficient (Wildman–Crippen LogP) is 6.55. The van der Waals surface area contributed by atoms with E-state index in [9.17, 15) is 4.79 Å². The number of benzene rings is 2. The van der Waals surface area contributed by atoms with Gasteiger partial charge in [-0.3, -0.25) is 0 Å². The van der Waals surface area contributed by atoms with Crippen LogP contribution < -0.4 is 4.90 Å². The molecule has 1 unspecified atom stereocenters. The van der Waals surface area contributed by atoms with Crippen LogP contribution in [0.4, 0.5) is 5.95 Å². The first-order valence-electron chi connectivity index (χ1n) is 13.7. The number of halogens is 1. The number of methoxy groups -OCH3 is 1. The number of esters is 1. The van der Waals surface area contributed by atoms with Crippen LogP contribution in [-0.2, 0) is 14.3 Å². The molecule has 0 radical (unpaired) electrons. The van der Waals surface area contributed by atoms with Gasteiger partial charge in [-0.05, 0) is 83.6 Å². The number of carbonyl (C=O) groups excluding carboxylic acids is 1. The molecule has 2 aromatic heterocycles. The molecular formula is C31H36ClN5O3S. The number of thiazole rings is 1. The van der Waals surface area contributed by atoms with Gasteiger partial charge in [-0.1, -0.05) is 23.7 Å². The van der Waals surface area contributed by atoms with E-state index < -0.39 is 17.7 Å². The lowest BCUT2D eigenvalue weighted by molar-refractivity contribution is -0.164. The zero-order valence-corrected chi connectivity index (χ0v) is 26.1. The molecule has 0 N–H and O–H groups in total. The van der Waals surface area contributed by atoms with E-state index in [1.807, 2.05) is 64.1 Å². The fourth-order valence-electron chi connectivity index (χ4n) is 5.21. The number of likely N-dealkylation sites (N-methyl/N-ethyl adjacent to an activating group) is 1. The Labute approximate surface area is 250 Å². The summed E-state index contributed by atoms with van der Waals surface area (Å²) in [4.78, 5) is 32.2. The van der Waals surface area contributed by atoms with Crippen LogP contribution in [0.2, 0.25) is 5.02 Å². The van der Waals surface area contributed by atoms with E-state index in [-0.39, 0.29) is 0 Å². The Morgan fingerprint density at radius 3 is 2.54 bits per heavy atom. The van der Waals surface area contributed by atoms with E-state index in [4.69, 9.17) is 31.0 Å². The Hall–Kier alpha value is -3.11. The molecule has 1 aliphatic heterocycles. The molecular weight excluding hydrogens is 558 g/mol. The molecule has 1 fully saturated rings. The van der Waals surface area contributed by atoms with Crippen molar-refractivity contribution in [1.82, 2.24) is 19.9 Å². The van der Waals surface area contributed by atoms with Crippen molar-refractivity contribution in [3.8, 4) is 21.8 Å². The Kier molecular flexibility index (Phi) is 8.34. The Morgan fingerprint density at radius 2 is 1.90 bits per heavy atom. The molecule has 4 aromatic rings. The van der Waals surface area contributed by atoms with Crippen LogP contribution in [0.25, 0.3) is 32.0 Å². The summed E-state index contributed by atoms with van der Waals surface area (Å²) in [6, 6.07) is 12.0. The predicted molar refractivity (Wildman–Crippen MR) is 166 cm³/mol. The molecule has 8 nitrogen and oxygen atoms in total. The minimum absolute atomic E-state index is 0.454. The summed E-state index contributed by atoms with van der Waals surface area (Å²) >= 11 is 7.80. The highest BCUT2D eigenvalue weighted by Gasteiger charge is 2.33. The Morgan fingerprint density at radius 1 is 1.17 bits per heavy atom. The molecule has 1 saturated heterocycles. The van der Waals surface area contributed by atoms with Gasteiger partial charge < -0.3 is 19.3 Å². The molecule has 5 rings (SSSR count). The number of aromatic nitrogens is 3. The molecule has 216 valence electrons. The Balaban J connectivity index is 1.67. The summed E-state index contributed by atoms with van der Waals surface area (Å²) in [5, 5.41) is 1.41. The highest BCUT2D eigenvalue weighted by Crippen LogP contribution is 2.44. The van der Waals surface area contributed by atoms with Crippen LogP contribution in [0.15, 0.2) is 42.6 Å². The van der Waals surface area contributed by atoms with Gasteiger partial charge in [-0.15, -0.1) is 11.3 Å². The van der Waals surface area contributed by atoms with Crippen molar-refractivity contribution >= 4 is 45.1 Å². The van der Waals surface area contributed by atoms with Crippen LogP contribution in [-0.4, -0.2) is 71.8 Å². The lowest BCUT2D eigenvalue weighted by Gasteiger charge is -2.28. The van der Waals surface area contributed by atoms with E-state index in [1.54, 1.807) is 17.5 Å². The van der Waals surface area contributed by atoms with Crippen LogP contribution >= 0.6 is 22.9 Å². The normalized spacial score (nSPS) is 16.5. The number of ether oxygens (including phenoxy) is 2. The zero-order valence-electron chi connectivity index (χ0n) is 24.6. The van der Waals surface area contributed by atoms with Crippen LogP contribution in [0.3, 0.4) is 0 Å². The molecule has 0 spiro atoms. The van der Waals surface area contributed by atoms with E-state index in [2.05, 4.69) is 28.9 Å². The van der Waals surface area contributed by atoms with Crippen molar-refractivity contribution in [2.75, 3.05) is 39.2 Å². The molecule has 3 heterocycles. The van der Waals surface area contributed by atoms with Gasteiger partial charge in [-0.25, -0.2) is 19.7 Å². The van der Waals surface area contributed by atoms with Gasteiger partial charge in [-0.2, -0.15) is 0 Å². The van der Waals surface area contributed by atoms with Gasteiger partial charge in [0, 0.05) is 41.5 Å². The third kappa shape index (κ3) is 6.23. The van der Waals surface area contributed by atoms with Crippen molar-refractivity contribution in [2.45, 2.75) is 51.9 Å². The maximum atomic E-state index is 13.2. The largest absolute Gasteiger partial charge is 0.467 e. The molecule has 2 aromatic carbocycles. The van der Waals surface area contributed by atoms with E-state index in [0.717, 1.165) is 62.7 Å². The lowest BCUT2D eigenvalue weighted by atomic mass is 9.91. The lowest BCUT2D eigenvalue weighted by Crippen LogP contribution is -2.32. The topological polar surface area (TPSA) is 80.7 Å². The first-order valence-corrected chi connectivity index (χ1v) is 14.8. The molecule has 0 aliphatic carbocycles. The summed E-state index contributed by atoms with van der Waals surface area (Å²) in [5.74, 6) is 0.259. The standard InChI is InChI=1S/C31H36ClN5O3S/c1-18-16-23-27(41-28(34-23)22-12-14-33-30(35-22)37-15-13-21(17-37)36(5)6)25(19-8-10-20(32)11-9-19)24(18)26(29(38)39-7)40-31(2,3)4/h8-12,14,16,21,26H,13,15,17H2,1-7H3/t21-,26?/m0/s1. The van der Waals surface area contributed by atoms with Crippen molar-refractivity contribution in [3.05, 3.63) is 58.7 Å². The smallest absolute Gasteiger partial charge is 0.339 e. The van der Waals surface area contributed by atoms with Gasteiger partial charge in [0.05, 0.1) is 22.9 Å². The highest BCUT2D eigenvalue weighted by molar-refractivity contribution is 7.22. The fourth-order valence-corrected chi connectivity index (χ4v) is 6.43. The average molecular weight is 594 g/mol. The molecule has 0 amide bonds. The van der Waals surface area contributed by atoms with Crippen LogP contribution in [0.1, 0.15) is 44.4 Å². The van der Waals surface area contributed by atoms with E-state index in [1.165, 1.54) is 7.11 Å². The Bertz CT molecular complexity index is 1560. The number of hydrogen-bond acceptors (Lipinski definition) is 9. The SMILES string of the molecule is COC(=O)C(OC(C)(C)C)c1c(C)cc2nc(-c3ccnc(N4CC[C@H](N(C)C)C4)n3)sc2c1-c1ccc(Cl)cc1. The van der Waals surface area contributed by atoms with Gasteiger partial charge in [0.25, 0.3) is 0 Å². The maximum Gasteiger partial charge on any atom is 0.339 e. The fraction of sp³-hybridized carbons (Fsp3) is 0.419. The summed E-state index contributed by atoms with van der Waals surface area (Å²) in [5.41, 5.74) is 4.43. The van der Waals surface area contributed by atoms with Gasteiger partial charge >= 0.3 is 5.97 Å². The van der Waals surface area contributed by atoms with E-state index in [0.29, 0.717) is 17.0 Å². The minimum Gasteiger partial charge on any atom is -0.467 e. The molecule has 10 heteroatoms. The number of aryl methyl sites for hydroxylation is 1. The number of rotatable bonds is 7. The second-order valence-electron chi connectivity index (χ2n) is 11.6. The molecule has 0 saturated carbocycles. The van der Waals surface area contributed by atoms with E-state index >= 15 is 0 Å². The summed E-state index contributed by atoms with van der Waals surface area (Å²) in [6.45, 7) is 9.57. The van der Waals surface area contributed by atoms with Crippen molar-refractivity contribution < 1.29 is 14.3 Å². The van der Waals surface area contributed by atoms with Gasteiger partial charge in [0.1, 0.15) is 10.7 Å². The highest BCUT2D eigenvalue weighted by atomic mass is 35.5. The van der Waals surface area contributed by atoms with Crippen molar-refractivity contribution in [1.29, 1.82) is 0 Å². The second kappa shape index (κ2) is 11.6. The number of fused-ring (bicyclic) bond motifs is 1. The monoisotopic (exact) mass is 593 g/mol. The summed E-state index contributed by atoms with van der Waals surface area (Å²) in [6.07, 6.45) is 1.95. The second-order valence-corrected chi connectivity index (χ2v) is 13.0. The molecule has 0 bridgehead atoms. The third-order valence-corrected chi connectivity index (χ3v) is 8.61. The quantitative estimate of drug-likeness (QED) is 0.223. The first-order chi connectivity index (χ1) is 19.4. The number of carbonyl (C=O) groups is 1. The van der Waals surface area contributed by atoms with Crippen molar-refractivity contribution in [3.63, 3.8) is 0 Å². The summed E-state index contributed by atoms with van der Waals surface area (Å²) in [7, 11) is 5.60. The molecule has 1 aliphatic rings. The maximum absolute atomic E-state index is 13.2. The third-order valence-electron chi connectivity index (χ3n) is 7.25. The van der Waals surface area contributed by atoms with Crippen LogP contribution in [0, 0.1) is 6.92 Å². The van der Waals surface area contributed by atoms with Gasteiger partial charge in [0.15, 0.2) is 6.10 Å². The molecule has 41 heavy (non-hydrogen) atoms. The van der Waals surface area contributed by atoms with Crippen LogP contribution in [0.5, 0.6) is 0 Å². The minimum atomic E-state index is -0.925. The van der Waals surface area contributed by atoms with Gasteiger partial charge in [0.2, 0.25) is 5.95 Å².